The van der Waals surface area contributed by atoms with Crippen LogP contribution in [0.15, 0.2) is 35.2 Å². The van der Waals surface area contributed by atoms with Crippen molar-refractivity contribution in [2.75, 3.05) is 32.3 Å². The van der Waals surface area contributed by atoms with Crippen LogP contribution in [0.25, 0.3) is 0 Å². The van der Waals surface area contributed by atoms with Crippen molar-refractivity contribution in [1.29, 1.82) is 0 Å². The number of hydrogen-bond donors (Lipinski definition) is 0. The van der Waals surface area contributed by atoms with Crippen LogP contribution in [0.2, 0.25) is 0 Å². The number of alkyl halides is 1. The molecule has 1 unspecified atom stereocenters. The number of benzene rings is 1. The summed E-state index contributed by atoms with van der Waals surface area (Å²) < 4.78 is 17.5. The molecular weight excluding hydrogens is 301 g/mol. The maximum absolute atomic E-state index is 12.2. The zero-order chi connectivity index (χ0) is 15.5. The lowest BCUT2D eigenvalue weighted by atomic mass is 10.1. The van der Waals surface area contributed by atoms with Gasteiger partial charge in [0.25, 0.3) is 0 Å². The molecule has 1 aromatic carbocycles. The SMILES string of the molecule is CN(C)c1ccc(C2Cc3ccc(OCCF)cc3S2)nn1. The Bertz CT molecular complexity index is 648. The second-order valence-corrected chi connectivity index (χ2v) is 6.57. The highest BCUT2D eigenvalue weighted by atomic mass is 32.2. The summed E-state index contributed by atoms with van der Waals surface area (Å²) in [6.07, 6.45) is 0.930. The zero-order valence-electron chi connectivity index (χ0n) is 12.6. The Balaban J connectivity index is 1.73. The number of aromatic nitrogens is 2. The fourth-order valence-corrected chi connectivity index (χ4v) is 3.67. The van der Waals surface area contributed by atoms with Crippen molar-refractivity contribution in [1.82, 2.24) is 10.2 Å². The summed E-state index contributed by atoms with van der Waals surface area (Å²) in [6.45, 7) is -0.370. The van der Waals surface area contributed by atoms with Crippen LogP contribution in [0.4, 0.5) is 10.2 Å². The number of halogens is 1. The topological polar surface area (TPSA) is 38.2 Å². The molecule has 6 heteroatoms. The van der Waals surface area contributed by atoms with Gasteiger partial charge in [-0.15, -0.1) is 16.9 Å². The van der Waals surface area contributed by atoms with Gasteiger partial charge in [0.2, 0.25) is 0 Å². The average Bonchev–Trinajstić information content (AvgIpc) is 2.96. The molecule has 0 spiro atoms. The lowest BCUT2D eigenvalue weighted by Gasteiger charge is -2.12. The molecule has 0 N–H and O–H groups in total. The predicted molar refractivity (Wildman–Crippen MR) is 86.6 cm³/mol. The Morgan fingerprint density at radius 2 is 2.14 bits per heavy atom. The van der Waals surface area contributed by atoms with Gasteiger partial charge >= 0.3 is 0 Å². The Morgan fingerprint density at radius 1 is 1.27 bits per heavy atom. The highest BCUT2D eigenvalue weighted by molar-refractivity contribution is 7.99. The van der Waals surface area contributed by atoms with E-state index in [1.165, 1.54) is 10.5 Å². The minimum atomic E-state index is -0.472. The molecule has 0 radical (unpaired) electrons. The fraction of sp³-hybridized carbons (Fsp3) is 0.375. The summed E-state index contributed by atoms with van der Waals surface area (Å²) in [5.41, 5.74) is 2.26. The number of rotatable bonds is 5. The van der Waals surface area contributed by atoms with E-state index in [-0.39, 0.29) is 11.9 Å². The van der Waals surface area contributed by atoms with Crippen LogP contribution < -0.4 is 9.64 Å². The Labute approximate surface area is 133 Å². The molecule has 0 amide bonds. The molecule has 0 saturated heterocycles. The summed E-state index contributed by atoms with van der Waals surface area (Å²) in [7, 11) is 3.89. The molecule has 0 saturated carbocycles. The minimum Gasteiger partial charge on any atom is -0.491 e. The third-order valence-electron chi connectivity index (χ3n) is 3.52. The smallest absolute Gasteiger partial charge is 0.150 e. The van der Waals surface area contributed by atoms with Crippen LogP contribution in [0.1, 0.15) is 16.5 Å². The van der Waals surface area contributed by atoms with Crippen molar-refractivity contribution < 1.29 is 9.13 Å². The predicted octanol–water partition coefficient (Wildman–Crippen LogP) is 3.28. The van der Waals surface area contributed by atoms with Gasteiger partial charge in [-0.05, 0) is 36.2 Å². The zero-order valence-corrected chi connectivity index (χ0v) is 13.4. The number of ether oxygens (including phenoxy) is 1. The standard InChI is InChI=1S/C16H18FN3OS/c1-20(2)16-6-5-13(18-19-16)15-9-11-3-4-12(21-8-7-17)10-14(11)22-15/h3-6,10,15H,7-9H2,1-2H3. The van der Waals surface area contributed by atoms with Crippen molar-refractivity contribution in [2.45, 2.75) is 16.6 Å². The van der Waals surface area contributed by atoms with Gasteiger partial charge in [-0.1, -0.05) is 6.07 Å². The first-order valence-corrected chi connectivity index (χ1v) is 8.04. The number of fused-ring (bicyclic) bond motifs is 1. The van der Waals surface area contributed by atoms with Crippen molar-refractivity contribution in [3.8, 4) is 5.75 Å². The van der Waals surface area contributed by atoms with Gasteiger partial charge in [-0.2, -0.15) is 5.10 Å². The quantitative estimate of drug-likeness (QED) is 0.845. The maximum atomic E-state index is 12.2. The largest absolute Gasteiger partial charge is 0.491 e. The molecule has 3 rings (SSSR count). The molecule has 1 atom stereocenters. The van der Waals surface area contributed by atoms with Crippen LogP contribution in [-0.2, 0) is 6.42 Å². The van der Waals surface area contributed by atoms with E-state index in [0.29, 0.717) is 0 Å². The fourth-order valence-electron chi connectivity index (χ4n) is 2.36. The van der Waals surface area contributed by atoms with Crippen LogP contribution in [0.3, 0.4) is 0 Å². The van der Waals surface area contributed by atoms with E-state index < -0.39 is 6.67 Å². The second kappa shape index (κ2) is 6.52. The van der Waals surface area contributed by atoms with Gasteiger partial charge in [0.1, 0.15) is 19.0 Å². The van der Waals surface area contributed by atoms with E-state index in [1.807, 2.05) is 43.3 Å². The lowest BCUT2D eigenvalue weighted by molar-refractivity contribution is 0.273. The number of hydrogen-bond acceptors (Lipinski definition) is 5. The van der Waals surface area contributed by atoms with Gasteiger partial charge in [0, 0.05) is 19.0 Å². The van der Waals surface area contributed by atoms with Gasteiger partial charge in [-0.25, -0.2) is 4.39 Å². The van der Waals surface area contributed by atoms with Crippen molar-refractivity contribution >= 4 is 17.6 Å². The first-order chi connectivity index (χ1) is 10.7. The lowest BCUT2D eigenvalue weighted by Crippen LogP contribution is -2.12. The highest BCUT2D eigenvalue weighted by Gasteiger charge is 2.25. The first kappa shape index (κ1) is 15.1. The Hall–Kier alpha value is -1.82. The van der Waals surface area contributed by atoms with Crippen LogP contribution >= 0.6 is 11.8 Å². The number of anilines is 1. The van der Waals surface area contributed by atoms with Crippen molar-refractivity contribution in [3.05, 3.63) is 41.6 Å². The molecule has 2 heterocycles. The molecule has 1 aliphatic rings. The molecule has 116 valence electrons. The summed E-state index contributed by atoms with van der Waals surface area (Å²) >= 11 is 1.76. The molecule has 22 heavy (non-hydrogen) atoms. The molecule has 0 bridgehead atoms. The third kappa shape index (κ3) is 3.16. The number of nitrogens with zero attached hydrogens (tertiary/aromatic N) is 3. The van der Waals surface area contributed by atoms with Gasteiger partial charge in [-0.3, -0.25) is 0 Å². The number of thioether (sulfide) groups is 1. The maximum Gasteiger partial charge on any atom is 0.150 e. The monoisotopic (exact) mass is 319 g/mol. The normalized spacial score (nSPS) is 16.4. The van der Waals surface area contributed by atoms with Crippen molar-refractivity contribution in [3.63, 3.8) is 0 Å². The average molecular weight is 319 g/mol. The van der Waals surface area contributed by atoms with Gasteiger partial charge in [0.15, 0.2) is 5.82 Å². The van der Waals surface area contributed by atoms with Gasteiger partial charge < -0.3 is 9.64 Å². The van der Waals surface area contributed by atoms with E-state index in [1.54, 1.807) is 11.8 Å². The molecular formula is C16H18FN3OS. The molecule has 1 aliphatic heterocycles. The summed E-state index contributed by atoms with van der Waals surface area (Å²) in [4.78, 5) is 3.11. The van der Waals surface area contributed by atoms with Crippen LogP contribution in [0.5, 0.6) is 5.75 Å². The van der Waals surface area contributed by atoms with E-state index in [4.69, 9.17) is 4.74 Å². The van der Waals surface area contributed by atoms with Crippen LogP contribution in [-0.4, -0.2) is 37.6 Å². The third-order valence-corrected chi connectivity index (χ3v) is 4.84. The van der Waals surface area contributed by atoms with Gasteiger partial charge in [0.05, 0.1) is 10.9 Å². The van der Waals surface area contributed by atoms with Crippen molar-refractivity contribution in [2.24, 2.45) is 0 Å². The molecule has 0 fully saturated rings. The van der Waals surface area contributed by atoms with E-state index in [2.05, 4.69) is 16.3 Å². The Kier molecular flexibility index (Phi) is 4.47. The Morgan fingerprint density at radius 3 is 2.82 bits per heavy atom. The molecule has 4 nitrogen and oxygen atoms in total. The van der Waals surface area contributed by atoms with E-state index in [0.717, 1.165) is 23.7 Å². The first-order valence-electron chi connectivity index (χ1n) is 7.16. The van der Waals surface area contributed by atoms with Crippen LogP contribution in [0, 0.1) is 0 Å². The second-order valence-electron chi connectivity index (χ2n) is 5.33. The summed E-state index contributed by atoms with van der Waals surface area (Å²) in [5, 5.41) is 8.86. The molecule has 1 aromatic heterocycles. The minimum absolute atomic E-state index is 0.102. The molecule has 2 aromatic rings. The summed E-state index contributed by atoms with van der Waals surface area (Å²) in [6, 6.07) is 9.96. The molecule has 0 aliphatic carbocycles. The van der Waals surface area contributed by atoms with E-state index >= 15 is 0 Å². The summed E-state index contributed by atoms with van der Waals surface area (Å²) in [5.74, 6) is 1.57. The highest BCUT2D eigenvalue weighted by Crippen LogP contribution is 2.46. The van der Waals surface area contributed by atoms with E-state index in [9.17, 15) is 4.39 Å².